The molecule has 0 saturated carbocycles. The lowest BCUT2D eigenvalue weighted by Gasteiger charge is -2.07. The maximum atomic E-state index is 13.1. The lowest BCUT2D eigenvalue weighted by atomic mass is 10.1. The first-order valence-corrected chi connectivity index (χ1v) is 4.31. The Labute approximate surface area is 81.1 Å². The van der Waals surface area contributed by atoms with Gasteiger partial charge in [-0.05, 0) is 12.1 Å². The van der Waals surface area contributed by atoms with Gasteiger partial charge in [-0.2, -0.15) is 8.78 Å². The van der Waals surface area contributed by atoms with E-state index in [4.69, 9.17) is 0 Å². The van der Waals surface area contributed by atoms with Crippen molar-refractivity contribution >= 4 is 27.5 Å². The smallest absolute Gasteiger partial charge is 0.320 e. The van der Waals surface area contributed by atoms with Crippen molar-refractivity contribution in [3.05, 3.63) is 28.2 Å². The van der Waals surface area contributed by atoms with Crippen LogP contribution in [-0.2, 0) is 10.7 Å². The number of rotatable bonds is 0. The summed E-state index contributed by atoms with van der Waals surface area (Å²) in [6, 6.07) is 4.51. The van der Waals surface area contributed by atoms with Crippen LogP contribution in [0.1, 0.15) is 5.56 Å². The summed E-state index contributed by atoms with van der Waals surface area (Å²) in [5.74, 6) is -4.69. The molecule has 0 radical (unpaired) electrons. The number of nitrogens with one attached hydrogen (secondary N) is 1. The highest BCUT2D eigenvalue weighted by Gasteiger charge is 2.49. The fourth-order valence-corrected chi connectivity index (χ4v) is 1.88. The van der Waals surface area contributed by atoms with Gasteiger partial charge in [0.05, 0.1) is 11.3 Å². The van der Waals surface area contributed by atoms with Crippen molar-refractivity contribution < 1.29 is 13.6 Å². The first-order chi connectivity index (χ1) is 6.03. The number of benzene rings is 1. The normalized spacial score (nSPS) is 18.2. The topological polar surface area (TPSA) is 29.1 Å². The second kappa shape index (κ2) is 2.51. The van der Waals surface area contributed by atoms with Crippen LogP contribution in [0.15, 0.2) is 22.7 Å². The predicted molar refractivity (Wildman–Crippen MR) is 46.7 cm³/mol. The van der Waals surface area contributed by atoms with E-state index >= 15 is 0 Å². The Hall–Kier alpha value is -0.970. The molecule has 0 aliphatic carbocycles. The minimum Gasteiger partial charge on any atom is -0.320 e. The third-order valence-electron chi connectivity index (χ3n) is 1.86. The monoisotopic (exact) mass is 247 g/mol. The summed E-state index contributed by atoms with van der Waals surface area (Å²) >= 11 is 2.98. The predicted octanol–water partition coefficient (Wildman–Crippen LogP) is 2.49. The molecule has 1 N–H and O–H groups in total. The molecule has 1 heterocycles. The first-order valence-electron chi connectivity index (χ1n) is 3.52. The van der Waals surface area contributed by atoms with E-state index in [1.54, 1.807) is 6.07 Å². The highest BCUT2D eigenvalue weighted by Crippen LogP contribution is 2.44. The fourth-order valence-electron chi connectivity index (χ4n) is 1.26. The molecule has 13 heavy (non-hydrogen) atoms. The van der Waals surface area contributed by atoms with Crippen molar-refractivity contribution in [3.8, 4) is 0 Å². The highest BCUT2D eigenvalue weighted by molar-refractivity contribution is 9.10. The first kappa shape index (κ1) is 8.62. The molecule has 1 aliphatic heterocycles. The fraction of sp³-hybridized carbons (Fsp3) is 0.125. The third-order valence-corrected chi connectivity index (χ3v) is 2.52. The van der Waals surface area contributed by atoms with Crippen molar-refractivity contribution in [2.24, 2.45) is 0 Å². The van der Waals surface area contributed by atoms with E-state index in [9.17, 15) is 13.6 Å². The van der Waals surface area contributed by atoms with Crippen LogP contribution < -0.4 is 5.32 Å². The Morgan fingerprint density at radius 3 is 2.69 bits per heavy atom. The van der Waals surface area contributed by atoms with E-state index in [0.717, 1.165) is 0 Å². The van der Waals surface area contributed by atoms with Crippen LogP contribution in [0.5, 0.6) is 0 Å². The maximum Gasteiger partial charge on any atom is 0.353 e. The van der Waals surface area contributed by atoms with Gasteiger partial charge in [0.25, 0.3) is 5.91 Å². The van der Waals surface area contributed by atoms with Gasteiger partial charge in [0.15, 0.2) is 0 Å². The average Bonchev–Trinajstić information content (AvgIpc) is 2.24. The molecule has 0 bridgehead atoms. The van der Waals surface area contributed by atoms with E-state index in [2.05, 4.69) is 21.2 Å². The molecule has 1 amide bonds. The van der Waals surface area contributed by atoms with Crippen molar-refractivity contribution in [1.82, 2.24) is 0 Å². The van der Waals surface area contributed by atoms with E-state index < -0.39 is 11.8 Å². The van der Waals surface area contributed by atoms with E-state index in [0.29, 0.717) is 0 Å². The summed E-state index contributed by atoms with van der Waals surface area (Å²) in [6.07, 6.45) is 0. The van der Waals surface area contributed by atoms with Crippen LogP contribution in [0.3, 0.4) is 0 Å². The molecule has 0 fully saturated rings. The van der Waals surface area contributed by atoms with E-state index in [-0.39, 0.29) is 15.7 Å². The van der Waals surface area contributed by atoms with Crippen LogP contribution in [0, 0.1) is 0 Å². The van der Waals surface area contributed by atoms with E-state index in [1.165, 1.54) is 12.1 Å². The third kappa shape index (κ3) is 1.07. The summed E-state index contributed by atoms with van der Waals surface area (Å²) in [7, 11) is 0. The molecule has 0 unspecified atom stereocenters. The van der Waals surface area contributed by atoms with Crippen LogP contribution in [0.25, 0.3) is 0 Å². The second-order valence-electron chi connectivity index (χ2n) is 2.69. The summed E-state index contributed by atoms with van der Waals surface area (Å²) in [5.41, 5.74) is -0.107. The van der Waals surface area contributed by atoms with Gasteiger partial charge in [-0.25, -0.2) is 0 Å². The summed E-state index contributed by atoms with van der Waals surface area (Å²) < 4.78 is 26.5. The van der Waals surface area contributed by atoms with Crippen LogP contribution in [0.4, 0.5) is 14.5 Å². The van der Waals surface area contributed by atoms with Gasteiger partial charge in [-0.1, -0.05) is 22.0 Å². The lowest BCUT2D eigenvalue weighted by molar-refractivity contribution is -0.139. The van der Waals surface area contributed by atoms with Crippen LogP contribution in [-0.4, -0.2) is 5.91 Å². The number of carbonyl (C=O) groups is 1. The van der Waals surface area contributed by atoms with Gasteiger partial charge >= 0.3 is 5.92 Å². The second-order valence-corrected chi connectivity index (χ2v) is 3.55. The molecule has 2 nitrogen and oxygen atoms in total. The molecule has 1 aromatic carbocycles. The summed E-state index contributed by atoms with van der Waals surface area (Å²) in [6.45, 7) is 0. The minimum absolute atomic E-state index is 0.171. The zero-order chi connectivity index (χ0) is 9.64. The standard InChI is InChI=1S/C8H4BrF2NO/c9-4-2-1-3-5-6(4)8(10,11)7(13)12-5/h1-3H,(H,12,13). The number of hydrogen-bond donors (Lipinski definition) is 1. The Morgan fingerprint density at radius 1 is 1.38 bits per heavy atom. The number of alkyl halides is 2. The molecule has 68 valence electrons. The molecule has 5 heteroatoms. The Morgan fingerprint density at radius 2 is 2.08 bits per heavy atom. The molecular weight excluding hydrogens is 244 g/mol. The summed E-state index contributed by atoms with van der Waals surface area (Å²) in [5, 5.41) is 2.11. The highest BCUT2D eigenvalue weighted by atomic mass is 79.9. The molecular formula is C8H4BrF2NO. The van der Waals surface area contributed by atoms with E-state index in [1.807, 2.05) is 0 Å². The van der Waals surface area contributed by atoms with Gasteiger partial charge in [0.2, 0.25) is 0 Å². The summed E-state index contributed by atoms with van der Waals surface area (Å²) in [4.78, 5) is 10.8. The lowest BCUT2D eigenvalue weighted by Crippen LogP contribution is -2.24. The number of fused-ring (bicyclic) bond motifs is 1. The van der Waals surface area contributed by atoms with Crippen molar-refractivity contribution in [3.63, 3.8) is 0 Å². The zero-order valence-corrected chi connectivity index (χ0v) is 7.86. The average molecular weight is 248 g/mol. The Balaban J connectivity index is 2.70. The maximum absolute atomic E-state index is 13.1. The number of carbonyl (C=O) groups excluding carboxylic acids is 1. The van der Waals surface area contributed by atoms with Crippen LogP contribution in [0.2, 0.25) is 0 Å². The van der Waals surface area contributed by atoms with Crippen molar-refractivity contribution in [1.29, 1.82) is 0 Å². The molecule has 0 spiro atoms. The minimum atomic E-state index is -3.42. The largest absolute Gasteiger partial charge is 0.353 e. The van der Waals surface area contributed by atoms with Gasteiger partial charge < -0.3 is 5.32 Å². The number of amides is 1. The molecule has 1 aliphatic rings. The van der Waals surface area contributed by atoms with Crippen LogP contribution >= 0.6 is 15.9 Å². The SMILES string of the molecule is O=C1Nc2cccc(Br)c2C1(F)F. The van der Waals surface area contributed by atoms with Crippen molar-refractivity contribution in [2.45, 2.75) is 5.92 Å². The number of hydrogen-bond acceptors (Lipinski definition) is 1. The Bertz CT molecular complexity index is 392. The number of anilines is 1. The van der Waals surface area contributed by atoms with Gasteiger partial charge in [-0.15, -0.1) is 0 Å². The molecule has 1 aromatic rings. The molecule has 0 aromatic heterocycles. The van der Waals surface area contributed by atoms with Gasteiger partial charge in [-0.3, -0.25) is 4.79 Å². The Kier molecular flexibility index (Phi) is 1.66. The zero-order valence-electron chi connectivity index (χ0n) is 6.27. The molecule has 0 saturated heterocycles. The molecule has 2 rings (SSSR count). The quantitative estimate of drug-likeness (QED) is 0.750. The molecule has 0 atom stereocenters. The van der Waals surface area contributed by atoms with Gasteiger partial charge in [0.1, 0.15) is 0 Å². The van der Waals surface area contributed by atoms with Crippen molar-refractivity contribution in [2.75, 3.05) is 5.32 Å². The van der Waals surface area contributed by atoms with Gasteiger partial charge in [0, 0.05) is 4.47 Å². The number of halogens is 3.